The highest BCUT2D eigenvalue weighted by Crippen LogP contribution is 2.23. The molecule has 0 bridgehead atoms. The number of imidazole rings is 1. The van der Waals surface area contributed by atoms with E-state index >= 15 is 0 Å². The first-order chi connectivity index (χ1) is 9.99. The summed E-state index contributed by atoms with van der Waals surface area (Å²) in [7, 11) is 1.98. The minimum absolute atomic E-state index is 0.386. The van der Waals surface area contributed by atoms with Crippen LogP contribution in [0.1, 0.15) is 45.3 Å². The van der Waals surface area contributed by atoms with Crippen LogP contribution in [0.3, 0.4) is 0 Å². The fraction of sp³-hybridized carbons (Fsp3) is 0.733. The number of H-pyrrole nitrogens is 1. The third kappa shape index (κ3) is 3.21. The number of nitrogens with one attached hydrogen (secondary N) is 1. The Labute approximate surface area is 131 Å². The molecule has 0 aliphatic heterocycles. The van der Waals surface area contributed by atoms with Gasteiger partial charge < -0.3 is 9.88 Å². The van der Waals surface area contributed by atoms with E-state index in [1.54, 1.807) is 0 Å². The van der Waals surface area contributed by atoms with E-state index in [0.717, 1.165) is 47.7 Å². The molecule has 0 radical (unpaired) electrons. The van der Waals surface area contributed by atoms with E-state index in [2.05, 4.69) is 40.3 Å². The van der Waals surface area contributed by atoms with E-state index in [1.807, 2.05) is 18.7 Å². The van der Waals surface area contributed by atoms with Crippen LogP contribution in [0, 0.1) is 11.7 Å². The molecule has 2 rings (SSSR count). The summed E-state index contributed by atoms with van der Waals surface area (Å²) in [4.78, 5) is 5.77. The van der Waals surface area contributed by atoms with Gasteiger partial charge in [-0.05, 0) is 58.5 Å². The maximum Gasteiger partial charge on any atom is 0.179 e. The Kier molecular flexibility index (Phi) is 5.22. The minimum Gasteiger partial charge on any atom is -0.328 e. The summed E-state index contributed by atoms with van der Waals surface area (Å²) in [6.07, 6.45) is 2.32. The maximum absolute atomic E-state index is 5.51. The number of aryl methyl sites for hydroxylation is 2. The van der Waals surface area contributed by atoms with Gasteiger partial charge in [0.15, 0.2) is 10.4 Å². The molecule has 21 heavy (non-hydrogen) atoms. The lowest BCUT2D eigenvalue weighted by Crippen LogP contribution is -2.24. The second kappa shape index (κ2) is 6.75. The van der Waals surface area contributed by atoms with Gasteiger partial charge in [-0.25, -0.2) is 0 Å². The first-order valence-electron chi connectivity index (χ1n) is 7.85. The van der Waals surface area contributed by atoms with Crippen LogP contribution in [0.2, 0.25) is 0 Å². The topological polar surface area (TPSA) is 41.8 Å². The van der Waals surface area contributed by atoms with Gasteiger partial charge in [-0.3, -0.25) is 9.25 Å². The van der Waals surface area contributed by atoms with Crippen molar-refractivity contribution in [3.05, 3.63) is 10.5 Å². The summed E-state index contributed by atoms with van der Waals surface area (Å²) in [5, 5.41) is 4.48. The average Bonchev–Trinajstić information content (AvgIpc) is 2.92. The molecule has 2 heterocycles. The van der Waals surface area contributed by atoms with Crippen molar-refractivity contribution >= 4 is 23.4 Å². The lowest BCUT2D eigenvalue weighted by atomic mass is 10.1. The molecule has 2 aromatic rings. The predicted molar refractivity (Wildman–Crippen MR) is 90.4 cm³/mol. The molecule has 118 valence electrons. The molecular weight excluding hydrogens is 282 g/mol. The zero-order valence-corrected chi connectivity index (χ0v) is 14.6. The van der Waals surface area contributed by atoms with Crippen LogP contribution in [0.5, 0.6) is 0 Å². The first-order valence-corrected chi connectivity index (χ1v) is 8.26. The molecule has 1 atom stereocenters. The molecule has 1 unspecified atom stereocenters. The number of hydrogen-bond acceptors (Lipinski definition) is 3. The monoisotopic (exact) mass is 309 g/mol. The summed E-state index contributed by atoms with van der Waals surface area (Å²) in [6.45, 7) is 12.1. The van der Waals surface area contributed by atoms with Crippen LogP contribution in [0.15, 0.2) is 0 Å². The van der Waals surface area contributed by atoms with Crippen LogP contribution < -0.4 is 0 Å². The highest BCUT2D eigenvalue weighted by Gasteiger charge is 2.16. The van der Waals surface area contributed by atoms with Gasteiger partial charge in [-0.2, -0.15) is 5.10 Å². The molecule has 0 aliphatic carbocycles. The Bertz CT molecular complexity index is 647. The molecule has 0 fully saturated rings. The molecule has 5 nitrogen and oxygen atoms in total. The Hall–Kier alpha value is -1.14. The number of hydrogen-bond donors (Lipinski definition) is 1. The van der Waals surface area contributed by atoms with Crippen molar-refractivity contribution in [2.75, 3.05) is 19.6 Å². The van der Waals surface area contributed by atoms with E-state index in [4.69, 9.17) is 12.2 Å². The van der Waals surface area contributed by atoms with Crippen molar-refractivity contribution in [3.8, 4) is 0 Å². The molecule has 6 heteroatoms. The van der Waals surface area contributed by atoms with Crippen LogP contribution in [-0.4, -0.2) is 43.9 Å². The summed E-state index contributed by atoms with van der Waals surface area (Å²) in [5.74, 6) is 0. The molecule has 0 spiro atoms. The molecule has 0 amide bonds. The van der Waals surface area contributed by atoms with E-state index in [1.165, 1.54) is 6.42 Å². The Morgan fingerprint density at radius 1 is 1.33 bits per heavy atom. The summed E-state index contributed by atoms with van der Waals surface area (Å²) in [5.41, 5.74) is 3.18. The van der Waals surface area contributed by atoms with Crippen LogP contribution >= 0.6 is 12.2 Å². The van der Waals surface area contributed by atoms with Crippen molar-refractivity contribution in [2.24, 2.45) is 7.05 Å². The molecule has 0 saturated carbocycles. The SMILES string of the molecule is CCN(CC)CCCC(C)n1c(=S)[nH]c2c(C)nn(C)c21. The highest BCUT2D eigenvalue weighted by atomic mass is 32.1. The van der Waals surface area contributed by atoms with E-state index in [0.29, 0.717) is 6.04 Å². The van der Waals surface area contributed by atoms with Crippen molar-refractivity contribution in [3.63, 3.8) is 0 Å². The fourth-order valence-electron chi connectivity index (χ4n) is 3.02. The molecule has 2 aromatic heterocycles. The Morgan fingerprint density at radius 3 is 2.62 bits per heavy atom. The summed E-state index contributed by atoms with van der Waals surface area (Å²) >= 11 is 5.51. The van der Waals surface area contributed by atoms with Gasteiger partial charge >= 0.3 is 0 Å². The minimum atomic E-state index is 0.386. The first kappa shape index (κ1) is 16.2. The van der Waals surface area contributed by atoms with Crippen molar-refractivity contribution < 1.29 is 0 Å². The molecule has 0 aromatic carbocycles. The third-order valence-corrected chi connectivity index (χ3v) is 4.60. The highest BCUT2D eigenvalue weighted by molar-refractivity contribution is 7.71. The van der Waals surface area contributed by atoms with Crippen molar-refractivity contribution in [1.29, 1.82) is 0 Å². The number of fused-ring (bicyclic) bond motifs is 1. The van der Waals surface area contributed by atoms with E-state index in [-0.39, 0.29) is 0 Å². The number of nitrogens with zero attached hydrogens (tertiary/aromatic N) is 4. The average molecular weight is 309 g/mol. The van der Waals surface area contributed by atoms with Gasteiger partial charge in [-0.1, -0.05) is 13.8 Å². The molecule has 0 aliphatic rings. The zero-order chi connectivity index (χ0) is 15.6. The molecule has 1 N–H and O–H groups in total. The number of rotatable bonds is 7. The van der Waals surface area contributed by atoms with Gasteiger partial charge in [0.05, 0.1) is 5.69 Å². The van der Waals surface area contributed by atoms with Crippen molar-refractivity contribution in [2.45, 2.75) is 46.6 Å². The van der Waals surface area contributed by atoms with Gasteiger partial charge in [-0.15, -0.1) is 0 Å². The largest absolute Gasteiger partial charge is 0.328 e. The van der Waals surface area contributed by atoms with Gasteiger partial charge in [0.2, 0.25) is 0 Å². The fourth-order valence-corrected chi connectivity index (χ4v) is 3.39. The normalized spacial score (nSPS) is 13.4. The molecule has 0 saturated heterocycles. The zero-order valence-electron chi connectivity index (χ0n) is 13.8. The summed E-state index contributed by atoms with van der Waals surface area (Å²) in [6, 6.07) is 0.386. The van der Waals surface area contributed by atoms with Crippen LogP contribution in [0.25, 0.3) is 11.2 Å². The van der Waals surface area contributed by atoms with Crippen LogP contribution in [0.4, 0.5) is 0 Å². The maximum atomic E-state index is 5.51. The van der Waals surface area contributed by atoms with E-state index in [9.17, 15) is 0 Å². The molecular formula is C15H27N5S. The smallest absolute Gasteiger partial charge is 0.179 e. The van der Waals surface area contributed by atoms with Crippen LogP contribution in [-0.2, 0) is 7.05 Å². The Balaban J connectivity index is 2.14. The quantitative estimate of drug-likeness (QED) is 0.797. The summed E-state index contributed by atoms with van der Waals surface area (Å²) < 4.78 is 4.95. The second-order valence-electron chi connectivity index (χ2n) is 5.73. The lowest BCUT2D eigenvalue weighted by molar-refractivity contribution is 0.288. The standard InChI is InChI=1S/C15H27N5S/c1-6-19(7-2)10-8-9-11(3)20-14-13(16-15(20)21)12(4)17-18(14)5/h11H,6-10H2,1-5H3,(H,16,21). The van der Waals surface area contributed by atoms with E-state index < -0.39 is 0 Å². The van der Waals surface area contributed by atoms with Crippen molar-refractivity contribution in [1.82, 2.24) is 24.2 Å². The number of aromatic nitrogens is 4. The second-order valence-corrected chi connectivity index (χ2v) is 6.11. The Morgan fingerprint density at radius 2 is 2.00 bits per heavy atom. The van der Waals surface area contributed by atoms with Gasteiger partial charge in [0, 0.05) is 13.1 Å². The third-order valence-electron chi connectivity index (χ3n) is 4.30. The number of aromatic amines is 1. The lowest BCUT2D eigenvalue weighted by Gasteiger charge is -2.20. The van der Waals surface area contributed by atoms with Gasteiger partial charge in [0.1, 0.15) is 5.52 Å². The van der Waals surface area contributed by atoms with Gasteiger partial charge in [0.25, 0.3) is 0 Å². The predicted octanol–water partition coefficient (Wildman–Crippen LogP) is 3.42.